The van der Waals surface area contributed by atoms with Crippen LogP contribution in [-0.4, -0.2) is 16.2 Å². The van der Waals surface area contributed by atoms with Gasteiger partial charge in [0.05, 0.1) is 5.56 Å². The molecular weight excluding hydrogens is 296 g/mol. The molecule has 2 aromatic carbocycles. The van der Waals surface area contributed by atoms with E-state index in [0.29, 0.717) is 10.8 Å². The number of hydrogen-bond acceptors (Lipinski definition) is 2. The van der Waals surface area contributed by atoms with Crippen LogP contribution in [0.25, 0.3) is 0 Å². The summed E-state index contributed by atoms with van der Waals surface area (Å²) in [5, 5.41) is 15.7. The molecule has 114 valence electrons. The molecule has 0 atom stereocenters. The average molecular weight is 314 g/mol. The summed E-state index contributed by atoms with van der Waals surface area (Å²) in [6.07, 6.45) is 0. The minimum Gasteiger partial charge on any atom is -0.478 e. The van der Waals surface area contributed by atoms with Crippen molar-refractivity contribution in [3.63, 3.8) is 0 Å². The normalized spacial score (nSPS) is 10.1. The number of carboxylic acid groups (broad SMARTS) is 1. The van der Waals surface area contributed by atoms with E-state index in [0.717, 1.165) is 16.8 Å². The van der Waals surface area contributed by atoms with Crippen LogP contribution in [-0.2, 0) is 0 Å². The molecule has 5 heteroatoms. The quantitative estimate of drug-likeness (QED) is 0.744. The van der Waals surface area contributed by atoms with Gasteiger partial charge in [-0.1, -0.05) is 23.8 Å². The van der Waals surface area contributed by atoms with Crippen LogP contribution >= 0.6 is 12.2 Å². The van der Waals surface area contributed by atoms with Crippen molar-refractivity contribution in [3.05, 3.63) is 58.7 Å². The van der Waals surface area contributed by atoms with Crippen LogP contribution in [0.15, 0.2) is 36.4 Å². The van der Waals surface area contributed by atoms with Crippen molar-refractivity contribution < 1.29 is 9.90 Å². The first-order valence-electron chi connectivity index (χ1n) is 6.86. The zero-order chi connectivity index (χ0) is 16.3. The number of hydrogen-bond donors (Lipinski definition) is 3. The fourth-order valence-electron chi connectivity index (χ4n) is 2.12. The third kappa shape index (κ3) is 3.83. The molecule has 0 bridgehead atoms. The van der Waals surface area contributed by atoms with E-state index < -0.39 is 5.97 Å². The van der Waals surface area contributed by atoms with Gasteiger partial charge < -0.3 is 15.7 Å². The SMILES string of the molecule is Cc1ccc(NC(=S)Nc2cc(C(=O)O)ccc2C)c(C)c1. The zero-order valence-electron chi connectivity index (χ0n) is 12.7. The second-order valence-corrected chi connectivity index (χ2v) is 5.64. The summed E-state index contributed by atoms with van der Waals surface area (Å²) in [5.74, 6) is -0.962. The molecule has 0 spiro atoms. The number of nitrogens with one attached hydrogen (secondary N) is 2. The highest BCUT2D eigenvalue weighted by atomic mass is 32.1. The zero-order valence-corrected chi connectivity index (χ0v) is 13.5. The molecule has 0 heterocycles. The molecule has 0 radical (unpaired) electrons. The molecule has 2 rings (SSSR count). The molecule has 0 unspecified atom stereocenters. The van der Waals surface area contributed by atoms with Crippen molar-refractivity contribution in [2.24, 2.45) is 0 Å². The molecule has 0 aromatic heterocycles. The highest BCUT2D eigenvalue weighted by Gasteiger charge is 2.08. The smallest absolute Gasteiger partial charge is 0.335 e. The van der Waals surface area contributed by atoms with Gasteiger partial charge in [-0.3, -0.25) is 0 Å². The Labute approximate surface area is 135 Å². The van der Waals surface area contributed by atoms with Crippen LogP contribution in [0, 0.1) is 20.8 Å². The molecular formula is C17H18N2O2S. The Kier molecular flexibility index (Phi) is 4.78. The van der Waals surface area contributed by atoms with Crippen LogP contribution in [0.2, 0.25) is 0 Å². The lowest BCUT2D eigenvalue weighted by atomic mass is 10.1. The highest BCUT2D eigenvalue weighted by molar-refractivity contribution is 7.80. The maximum Gasteiger partial charge on any atom is 0.335 e. The minimum absolute atomic E-state index is 0.224. The number of benzene rings is 2. The number of thiocarbonyl (C=S) groups is 1. The number of carbonyl (C=O) groups is 1. The van der Waals surface area contributed by atoms with E-state index in [9.17, 15) is 4.79 Å². The lowest BCUT2D eigenvalue weighted by Crippen LogP contribution is -2.20. The molecule has 2 aromatic rings. The number of anilines is 2. The van der Waals surface area contributed by atoms with Crippen LogP contribution in [0.4, 0.5) is 11.4 Å². The molecule has 3 N–H and O–H groups in total. The molecule has 0 saturated carbocycles. The average Bonchev–Trinajstić information content (AvgIpc) is 2.44. The topological polar surface area (TPSA) is 61.4 Å². The highest BCUT2D eigenvalue weighted by Crippen LogP contribution is 2.19. The molecule has 0 amide bonds. The predicted octanol–water partition coefficient (Wildman–Crippen LogP) is 4.12. The van der Waals surface area contributed by atoms with Crippen LogP contribution < -0.4 is 10.6 Å². The van der Waals surface area contributed by atoms with Gasteiger partial charge >= 0.3 is 5.97 Å². The predicted molar refractivity (Wildman–Crippen MR) is 93.9 cm³/mol. The van der Waals surface area contributed by atoms with Gasteiger partial charge in [0.1, 0.15) is 0 Å². The maximum absolute atomic E-state index is 11.0. The Morgan fingerprint density at radius 1 is 0.955 bits per heavy atom. The monoisotopic (exact) mass is 314 g/mol. The summed E-state index contributed by atoms with van der Waals surface area (Å²) in [6.45, 7) is 5.94. The van der Waals surface area contributed by atoms with Crippen molar-refractivity contribution in [1.82, 2.24) is 0 Å². The summed E-state index contributed by atoms with van der Waals surface area (Å²) in [6, 6.07) is 11.0. The van der Waals surface area contributed by atoms with Crippen molar-refractivity contribution in [3.8, 4) is 0 Å². The molecule has 22 heavy (non-hydrogen) atoms. The van der Waals surface area contributed by atoms with Crippen molar-refractivity contribution in [2.75, 3.05) is 10.6 Å². The summed E-state index contributed by atoms with van der Waals surface area (Å²) >= 11 is 5.31. The minimum atomic E-state index is -0.962. The molecule has 0 saturated heterocycles. The second kappa shape index (κ2) is 6.58. The second-order valence-electron chi connectivity index (χ2n) is 5.23. The molecule has 4 nitrogen and oxygen atoms in total. The van der Waals surface area contributed by atoms with E-state index in [4.69, 9.17) is 17.3 Å². The summed E-state index contributed by atoms with van der Waals surface area (Å²) in [5.41, 5.74) is 5.04. The van der Waals surface area contributed by atoms with Crippen molar-refractivity contribution in [2.45, 2.75) is 20.8 Å². The van der Waals surface area contributed by atoms with Crippen LogP contribution in [0.3, 0.4) is 0 Å². The summed E-state index contributed by atoms with van der Waals surface area (Å²) in [4.78, 5) is 11.0. The van der Waals surface area contributed by atoms with Crippen molar-refractivity contribution in [1.29, 1.82) is 0 Å². The van der Waals surface area contributed by atoms with E-state index in [-0.39, 0.29) is 5.56 Å². The third-order valence-corrected chi connectivity index (χ3v) is 3.57. The Morgan fingerprint density at radius 3 is 2.27 bits per heavy atom. The van der Waals surface area contributed by atoms with Gasteiger partial charge in [-0.25, -0.2) is 4.79 Å². The lowest BCUT2D eigenvalue weighted by Gasteiger charge is -2.15. The summed E-state index contributed by atoms with van der Waals surface area (Å²) in [7, 11) is 0. The van der Waals surface area contributed by atoms with Gasteiger partial charge in [0.2, 0.25) is 0 Å². The van der Waals surface area contributed by atoms with E-state index in [2.05, 4.69) is 16.7 Å². The lowest BCUT2D eigenvalue weighted by molar-refractivity contribution is 0.0697. The van der Waals surface area contributed by atoms with Gasteiger partial charge in [0.25, 0.3) is 0 Å². The maximum atomic E-state index is 11.0. The first-order valence-corrected chi connectivity index (χ1v) is 7.27. The molecule has 0 aliphatic heterocycles. The first-order chi connectivity index (χ1) is 10.4. The third-order valence-electron chi connectivity index (χ3n) is 3.36. The van der Waals surface area contributed by atoms with Gasteiger partial charge in [-0.05, 0) is 62.3 Å². The molecule has 0 aliphatic carbocycles. The standard InChI is InChI=1S/C17H18N2O2S/c1-10-4-7-14(12(3)8-10)18-17(22)19-15-9-13(16(20)21)6-5-11(15)2/h4-9H,1-3H3,(H,20,21)(H2,18,19,22). The fourth-order valence-corrected chi connectivity index (χ4v) is 2.34. The van der Waals surface area contributed by atoms with Gasteiger partial charge in [-0.2, -0.15) is 0 Å². The summed E-state index contributed by atoms with van der Waals surface area (Å²) < 4.78 is 0. The molecule has 0 aliphatic rings. The molecule has 0 fully saturated rings. The Hall–Kier alpha value is -2.40. The first kappa shape index (κ1) is 16.0. The van der Waals surface area contributed by atoms with Crippen molar-refractivity contribution >= 4 is 34.7 Å². The Morgan fingerprint density at radius 2 is 1.64 bits per heavy atom. The largest absolute Gasteiger partial charge is 0.478 e. The van der Waals surface area contributed by atoms with E-state index in [1.165, 1.54) is 5.56 Å². The number of aryl methyl sites for hydroxylation is 3. The number of carboxylic acids is 1. The number of rotatable bonds is 3. The van der Waals surface area contributed by atoms with E-state index in [1.54, 1.807) is 18.2 Å². The fraction of sp³-hybridized carbons (Fsp3) is 0.176. The van der Waals surface area contributed by atoms with Gasteiger partial charge in [-0.15, -0.1) is 0 Å². The van der Waals surface area contributed by atoms with Gasteiger partial charge in [0.15, 0.2) is 5.11 Å². The Bertz CT molecular complexity index is 741. The Balaban J connectivity index is 2.15. The number of aromatic carboxylic acids is 1. The van der Waals surface area contributed by atoms with Crippen LogP contribution in [0.5, 0.6) is 0 Å². The van der Waals surface area contributed by atoms with E-state index >= 15 is 0 Å². The van der Waals surface area contributed by atoms with Gasteiger partial charge in [0, 0.05) is 11.4 Å². The van der Waals surface area contributed by atoms with E-state index in [1.807, 2.05) is 32.9 Å². The van der Waals surface area contributed by atoms with Crippen LogP contribution in [0.1, 0.15) is 27.0 Å².